The fourth-order valence-corrected chi connectivity index (χ4v) is 3.22. The number of halogens is 1. The zero-order chi connectivity index (χ0) is 19.4. The summed E-state index contributed by atoms with van der Waals surface area (Å²) in [7, 11) is 0. The Bertz CT molecular complexity index is 1020. The van der Waals surface area contributed by atoms with Gasteiger partial charge in [0.05, 0.1) is 19.3 Å². The Labute approximate surface area is 167 Å². The van der Waals surface area contributed by atoms with Crippen molar-refractivity contribution in [3.05, 3.63) is 57.8 Å². The number of aromatic amines is 1. The molecule has 2 N–H and O–H groups in total. The van der Waals surface area contributed by atoms with Crippen LogP contribution in [0.2, 0.25) is 5.02 Å². The number of quaternary nitrogens is 1. The van der Waals surface area contributed by atoms with Crippen molar-refractivity contribution in [1.82, 2.24) is 14.9 Å². The van der Waals surface area contributed by atoms with Gasteiger partial charge in [-0.1, -0.05) is 29.5 Å². The summed E-state index contributed by atoms with van der Waals surface area (Å²) in [4.78, 5) is 1.26. The molecule has 2 aromatic carbocycles. The minimum absolute atomic E-state index is 0.0741. The molecule has 0 saturated heterocycles. The van der Waals surface area contributed by atoms with Gasteiger partial charge in [0.2, 0.25) is 4.77 Å². The van der Waals surface area contributed by atoms with E-state index < -0.39 is 0 Å². The highest BCUT2D eigenvalue weighted by atomic mass is 35.5. The van der Waals surface area contributed by atoms with Crippen LogP contribution < -0.4 is 10.0 Å². The lowest BCUT2D eigenvalue weighted by molar-refractivity contribution is -0.828. The van der Waals surface area contributed by atoms with E-state index in [2.05, 4.69) is 29.1 Å². The summed E-state index contributed by atoms with van der Waals surface area (Å²) in [5, 5.41) is 24.3. The summed E-state index contributed by atoms with van der Waals surface area (Å²) < 4.78 is 1.81. The van der Waals surface area contributed by atoms with Crippen LogP contribution in [-0.4, -0.2) is 34.2 Å². The Morgan fingerprint density at radius 1 is 1.26 bits per heavy atom. The van der Waals surface area contributed by atoms with Crippen LogP contribution in [-0.2, 0) is 0 Å². The van der Waals surface area contributed by atoms with Gasteiger partial charge in [0.1, 0.15) is 5.69 Å². The Morgan fingerprint density at radius 3 is 2.70 bits per heavy atom. The van der Waals surface area contributed by atoms with Crippen molar-refractivity contribution in [2.45, 2.75) is 13.8 Å². The van der Waals surface area contributed by atoms with Gasteiger partial charge in [0, 0.05) is 10.6 Å². The summed E-state index contributed by atoms with van der Waals surface area (Å²) >= 11 is 11.3. The molecule has 0 fully saturated rings. The van der Waals surface area contributed by atoms with Crippen molar-refractivity contribution in [2.24, 2.45) is 5.10 Å². The van der Waals surface area contributed by atoms with E-state index in [1.165, 1.54) is 15.8 Å². The SMILES string of the molecule is CC[NH+](CC)c1ccc(C=Nn2c(-c3cccc(Cl)c3)n[nH]c2=S)c([O-])c1. The molecule has 0 bridgehead atoms. The largest absolute Gasteiger partial charge is 0.872 e. The lowest BCUT2D eigenvalue weighted by Gasteiger charge is -2.18. The summed E-state index contributed by atoms with van der Waals surface area (Å²) in [5.74, 6) is 0.449. The maximum atomic E-state index is 12.4. The standard InChI is InChI=1S/C19H20ClN5OS/c1-3-24(4-2)16-9-8-14(17(26)11-16)12-21-25-18(22-23-19(25)27)13-6-5-7-15(20)10-13/h5-12,26H,3-4H2,1-2H3,(H,23,27). The maximum Gasteiger partial charge on any atom is 0.216 e. The average Bonchev–Trinajstić information content (AvgIpc) is 3.03. The molecule has 0 unspecified atom stereocenters. The fourth-order valence-electron chi connectivity index (χ4n) is 2.85. The molecular formula is C19H20ClN5OS. The third kappa shape index (κ3) is 4.27. The second-order valence-corrected chi connectivity index (χ2v) is 6.81. The maximum absolute atomic E-state index is 12.4. The first-order valence-corrected chi connectivity index (χ1v) is 9.46. The molecule has 0 aliphatic rings. The minimum Gasteiger partial charge on any atom is -0.872 e. The molecule has 3 rings (SSSR count). The van der Waals surface area contributed by atoms with Gasteiger partial charge in [0.15, 0.2) is 5.82 Å². The van der Waals surface area contributed by atoms with Crippen molar-refractivity contribution in [1.29, 1.82) is 0 Å². The zero-order valence-electron chi connectivity index (χ0n) is 15.1. The second kappa shape index (κ2) is 8.47. The highest BCUT2D eigenvalue weighted by Crippen LogP contribution is 2.21. The van der Waals surface area contributed by atoms with Crippen LogP contribution in [0, 0.1) is 4.77 Å². The molecule has 6 nitrogen and oxygen atoms in total. The number of hydrogen-bond acceptors (Lipinski definition) is 4. The average molecular weight is 402 g/mol. The lowest BCUT2D eigenvalue weighted by atomic mass is 10.2. The van der Waals surface area contributed by atoms with E-state index in [0.717, 1.165) is 24.3 Å². The number of nitrogens with one attached hydrogen (secondary N) is 2. The molecule has 3 aromatic rings. The molecule has 27 heavy (non-hydrogen) atoms. The van der Waals surface area contributed by atoms with Crippen LogP contribution >= 0.6 is 23.8 Å². The topological polar surface area (TPSA) is 73.5 Å². The third-order valence-electron chi connectivity index (χ3n) is 4.32. The number of hydrogen-bond donors (Lipinski definition) is 2. The van der Waals surface area contributed by atoms with E-state index >= 15 is 0 Å². The van der Waals surface area contributed by atoms with Gasteiger partial charge >= 0.3 is 0 Å². The third-order valence-corrected chi connectivity index (χ3v) is 4.82. The van der Waals surface area contributed by atoms with E-state index in [1.54, 1.807) is 24.3 Å². The molecule has 0 aliphatic heterocycles. The van der Waals surface area contributed by atoms with Crippen LogP contribution in [0.5, 0.6) is 5.75 Å². The first kappa shape index (κ1) is 19.3. The predicted octanol–water partition coefficient (Wildman–Crippen LogP) is 2.77. The number of nitrogens with zero attached hydrogens (tertiary/aromatic N) is 3. The number of rotatable bonds is 6. The Morgan fingerprint density at radius 2 is 2.04 bits per heavy atom. The van der Waals surface area contributed by atoms with E-state index in [9.17, 15) is 5.11 Å². The van der Waals surface area contributed by atoms with Crippen LogP contribution in [0.1, 0.15) is 19.4 Å². The molecule has 8 heteroatoms. The van der Waals surface area contributed by atoms with Gasteiger partial charge in [0.25, 0.3) is 0 Å². The zero-order valence-corrected chi connectivity index (χ0v) is 16.6. The van der Waals surface area contributed by atoms with E-state index in [4.69, 9.17) is 23.8 Å². The van der Waals surface area contributed by atoms with Crippen molar-refractivity contribution < 1.29 is 10.0 Å². The molecule has 0 spiro atoms. The van der Waals surface area contributed by atoms with Crippen molar-refractivity contribution in [3.8, 4) is 17.1 Å². The highest BCUT2D eigenvalue weighted by Gasteiger charge is 2.09. The molecule has 1 aromatic heterocycles. The Hall–Kier alpha value is -2.48. The quantitative estimate of drug-likeness (QED) is 0.492. The summed E-state index contributed by atoms with van der Waals surface area (Å²) in [5.41, 5.74) is 2.25. The summed E-state index contributed by atoms with van der Waals surface area (Å²) in [6.45, 7) is 6.04. The molecule has 0 saturated carbocycles. The molecule has 0 atom stereocenters. The van der Waals surface area contributed by atoms with Crippen LogP contribution in [0.4, 0.5) is 5.69 Å². The summed E-state index contributed by atoms with van der Waals surface area (Å²) in [6.07, 6.45) is 1.50. The van der Waals surface area contributed by atoms with Crippen molar-refractivity contribution in [3.63, 3.8) is 0 Å². The van der Waals surface area contributed by atoms with Gasteiger partial charge < -0.3 is 10.0 Å². The number of benzene rings is 2. The van der Waals surface area contributed by atoms with Crippen LogP contribution in [0.15, 0.2) is 47.6 Å². The molecule has 140 valence electrons. The van der Waals surface area contributed by atoms with Crippen molar-refractivity contribution >= 4 is 35.7 Å². The first-order valence-electron chi connectivity index (χ1n) is 8.67. The fraction of sp³-hybridized carbons (Fsp3) is 0.211. The molecule has 0 amide bonds. The lowest BCUT2D eigenvalue weighted by Crippen LogP contribution is -3.06. The van der Waals surface area contributed by atoms with E-state index in [1.807, 2.05) is 18.2 Å². The normalized spacial score (nSPS) is 11.6. The second-order valence-electron chi connectivity index (χ2n) is 5.98. The minimum atomic E-state index is -0.0741. The van der Waals surface area contributed by atoms with Gasteiger partial charge in [-0.15, -0.1) is 0 Å². The predicted molar refractivity (Wildman–Crippen MR) is 108 cm³/mol. The van der Waals surface area contributed by atoms with E-state index in [-0.39, 0.29) is 5.75 Å². The number of H-pyrrole nitrogens is 1. The Kier molecular flexibility index (Phi) is 6.05. The molecule has 0 radical (unpaired) electrons. The van der Waals surface area contributed by atoms with Gasteiger partial charge in [-0.05, 0) is 62.0 Å². The Balaban J connectivity index is 1.93. The molecular weight excluding hydrogens is 382 g/mol. The smallest absolute Gasteiger partial charge is 0.216 e. The van der Waals surface area contributed by atoms with Gasteiger partial charge in [-0.2, -0.15) is 14.9 Å². The van der Waals surface area contributed by atoms with Crippen LogP contribution in [0.3, 0.4) is 0 Å². The van der Waals surface area contributed by atoms with Gasteiger partial charge in [-0.3, -0.25) is 0 Å². The monoisotopic (exact) mass is 401 g/mol. The highest BCUT2D eigenvalue weighted by molar-refractivity contribution is 7.71. The molecule has 1 heterocycles. The summed E-state index contributed by atoms with van der Waals surface area (Å²) in [6, 6.07) is 12.7. The van der Waals surface area contributed by atoms with E-state index in [0.29, 0.717) is 21.2 Å². The molecule has 0 aliphatic carbocycles. The van der Waals surface area contributed by atoms with Crippen LogP contribution in [0.25, 0.3) is 11.4 Å². The first-order chi connectivity index (χ1) is 13.0. The van der Waals surface area contributed by atoms with Gasteiger partial charge in [-0.25, -0.2) is 5.10 Å². The number of aromatic nitrogens is 3. The van der Waals surface area contributed by atoms with Crippen molar-refractivity contribution in [2.75, 3.05) is 13.1 Å².